The number of carbonyl (C=O) groups excluding carboxylic acids is 1. The van der Waals surface area contributed by atoms with Crippen molar-refractivity contribution in [3.63, 3.8) is 0 Å². The van der Waals surface area contributed by atoms with Gasteiger partial charge in [-0.1, -0.05) is 24.3 Å². The lowest BCUT2D eigenvalue weighted by atomic mass is 9.88. The van der Waals surface area contributed by atoms with Crippen LogP contribution in [-0.4, -0.2) is 19.1 Å². The highest BCUT2D eigenvalue weighted by Crippen LogP contribution is 2.44. The summed E-state index contributed by atoms with van der Waals surface area (Å²) in [6, 6.07) is 10.5. The third-order valence-electron chi connectivity index (χ3n) is 4.77. The van der Waals surface area contributed by atoms with Gasteiger partial charge >= 0.3 is 0 Å². The fraction of sp³-hybridized carbons (Fsp3) is 0.368. The van der Waals surface area contributed by atoms with Crippen molar-refractivity contribution in [2.75, 3.05) is 18.5 Å². The Balaban J connectivity index is 1.68. The lowest BCUT2D eigenvalue weighted by Crippen LogP contribution is -2.30. The maximum atomic E-state index is 12.5. The summed E-state index contributed by atoms with van der Waals surface area (Å²) in [6.07, 6.45) is 3.67. The van der Waals surface area contributed by atoms with E-state index in [0.29, 0.717) is 17.2 Å². The van der Waals surface area contributed by atoms with Crippen LogP contribution in [0.2, 0.25) is 0 Å². The fourth-order valence-corrected chi connectivity index (χ4v) is 4.69. The number of hydrogen-bond donors (Lipinski definition) is 1. The fourth-order valence-electron chi connectivity index (χ4n) is 3.53. The third kappa shape index (κ3) is 2.62. The summed E-state index contributed by atoms with van der Waals surface area (Å²) in [6.45, 7) is 1.21. The van der Waals surface area contributed by atoms with Crippen LogP contribution in [0.5, 0.6) is 0 Å². The minimum Gasteiger partial charge on any atom is -0.381 e. The Kier molecular flexibility index (Phi) is 4.09. The van der Waals surface area contributed by atoms with E-state index in [2.05, 4.69) is 23.5 Å². The highest BCUT2D eigenvalue weighted by molar-refractivity contribution is 7.17. The van der Waals surface area contributed by atoms with Crippen LogP contribution >= 0.6 is 11.3 Å². The molecule has 1 aliphatic heterocycles. The lowest BCUT2D eigenvalue weighted by Gasteiger charge is -2.20. The van der Waals surface area contributed by atoms with Crippen LogP contribution in [0.3, 0.4) is 0 Å². The van der Waals surface area contributed by atoms with Gasteiger partial charge in [-0.2, -0.15) is 5.26 Å². The van der Waals surface area contributed by atoms with E-state index in [-0.39, 0.29) is 11.8 Å². The van der Waals surface area contributed by atoms with E-state index in [4.69, 9.17) is 4.74 Å². The molecule has 0 spiro atoms. The van der Waals surface area contributed by atoms with Crippen molar-refractivity contribution >= 4 is 22.2 Å². The molecule has 4 nitrogen and oxygen atoms in total. The number of anilines is 1. The topological polar surface area (TPSA) is 62.1 Å². The largest absolute Gasteiger partial charge is 0.381 e. The number of hydrogen-bond acceptors (Lipinski definition) is 4. The Hall–Kier alpha value is -2.16. The summed E-state index contributed by atoms with van der Waals surface area (Å²) in [5.41, 5.74) is 4.03. The maximum absolute atomic E-state index is 12.5. The average molecular weight is 338 g/mol. The molecule has 2 aliphatic rings. The number of fused-ring (bicyclic) bond motifs is 3. The summed E-state index contributed by atoms with van der Waals surface area (Å²) in [4.78, 5) is 13.7. The molecule has 2 heterocycles. The molecule has 24 heavy (non-hydrogen) atoms. The summed E-state index contributed by atoms with van der Waals surface area (Å²) in [5, 5.41) is 13.4. The zero-order valence-corrected chi connectivity index (χ0v) is 14.1. The van der Waals surface area contributed by atoms with Gasteiger partial charge < -0.3 is 10.1 Å². The van der Waals surface area contributed by atoms with Crippen LogP contribution in [0.25, 0.3) is 11.1 Å². The molecule has 1 amide bonds. The van der Waals surface area contributed by atoms with E-state index in [1.807, 2.05) is 12.1 Å². The first-order valence-corrected chi connectivity index (χ1v) is 9.12. The molecule has 1 atom stereocenters. The number of amides is 1. The molecule has 1 aliphatic carbocycles. The molecule has 0 bridgehead atoms. The van der Waals surface area contributed by atoms with Gasteiger partial charge in [-0.15, -0.1) is 11.3 Å². The van der Waals surface area contributed by atoms with Gasteiger partial charge in [0.2, 0.25) is 5.91 Å². The predicted molar refractivity (Wildman–Crippen MR) is 94.1 cm³/mol. The zero-order chi connectivity index (χ0) is 16.5. The zero-order valence-electron chi connectivity index (χ0n) is 13.3. The number of ether oxygens (including phenoxy) is 1. The van der Waals surface area contributed by atoms with Crippen molar-refractivity contribution in [1.29, 1.82) is 5.26 Å². The molecule has 0 radical (unpaired) electrons. The SMILES string of the molecule is N#Cc1c(NC(=O)C2CCCOC2)sc2c1-c1ccccc1CC2. The van der Waals surface area contributed by atoms with Crippen LogP contribution in [-0.2, 0) is 22.4 Å². The van der Waals surface area contributed by atoms with Gasteiger partial charge in [0.15, 0.2) is 0 Å². The van der Waals surface area contributed by atoms with Crippen molar-refractivity contribution in [1.82, 2.24) is 0 Å². The molecule has 1 aromatic carbocycles. The number of rotatable bonds is 2. The summed E-state index contributed by atoms with van der Waals surface area (Å²) >= 11 is 1.55. The van der Waals surface area contributed by atoms with E-state index >= 15 is 0 Å². The summed E-state index contributed by atoms with van der Waals surface area (Å²) in [7, 11) is 0. The number of nitrogens with one attached hydrogen (secondary N) is 1. The molecule has 122 valence electrons. The first kappa shape index (κ1) is 15.4. The highest BCUT2D eigenvalue weighted by atomic mass is 32.1. The number of nitrogens with zero attached hydrogens (tertiary/aromatic N) is 1. The Morgan fingerprint density at radius 3 is 3.00 bits per heavy atom. The van der Waals surface area contributed by atoms with Crippen molar-refractivity contribution in [3.05, 3.63) is 40.3 Å². The van der Waals surface area contributed by atoms with E-state index in [0.717, 1.165) is 43.4 Å². The first-order valence-electron chi connectivity index (χ1n) is 8.30. The highest BCUT2D eigenvalue weighted by Gasteiger charge is 2.28. The number of carbonyl (C=O) groups is 1. The van der Waals surface area contributed by atoms with Crippen LogP contribution < -0.4 is 5.32 Å². The van der Waals surface area contributed by atoms with E-state index in [1.165, 1.54) is 10.4 Å². The van der Waals surface area contributed by atoms with Crippen molar-refractivity contribution < 1.29 is 9.53 Å². The molecule has 1 N–H and O–H groups in total. The minimum atomic E-state index is -0.114. The average Bonchev–Trinajstić information content (AvgIpc) is 3.00. The van der Waals surface area contributed by atoms with Crippen LogP contribution in [0.1, 0.15) is 28.8 Å². The van der Waals surface area contributed by atoms with Crippen molar-refractivity contribution in [3.8, 4) is 17.2 Å². The van der Waals surface area contributed by atoms with Crippen molar-refractivity contribution in [2.24, 2.45) is 5.92 Å². The molecule has 1 unspecified atom stereocenters. The van der Waals surface area contributed by atoms with E-state index in [1.54, 1.807) is 11.3 Å². The Labute approximate surface area is 145 Å². The second-order valence-electron chi connectivity index (χ2n) is 6.28. The maximum Gasteiger partial charge on any atom is 0.230 e. The van der Waals surface area contributed by atoms with Crippen LogP contribution in [0.4, 0.5) is 5.00 Å². The van der Waals surface area contributed by atoms with Gasteiger partial charge in [0.05, 0.1) is 18.1 Å². The Morgan fingerprint density at radius 2 is 2.21 bits per heavy atom. The van der Waals surface area contributed by atoms with Gasteiger partial charge in [0.25, 0.3) is 0 Å². The van der Waals surface area contributed by atoms with Crippen LogP contribution in [0, 0.1) is 17.2 Å². The van der Waals surface area contributed by atoms with Gasteiger partial charge in [-0.25, -0.2) is 0 Å². The number of nitriles is 1. The normalized spacial score (nSPS) is 19.0. The second-order valence-corrected chi connectivity index (χ2v) is 7.38. The molecule has 2 aromatic rings. The summed E-state index contributed by atoms with van der Waals surface area (Å²) < 4.78 is 5.40. The standard InChI is InChI=1S/C19H18N2O2S/c20-10-15-17-14-6-2-1-4-12(14)7-8-16(17)24-19(15)21-18(22)13-5-3-9-23-11-13/h1-2,4,6,13H,3,5,7-9,11H2,(H,21,22). The molecule has 1 fully saturated rings. The smallest absolute Gasteiger partial charge is 0.230 e. The Morgan fingerprint density at radius 1 is 1.33 bits per heavy atom. The molecule has 1 aromatic heterocycles. The molecule has 0 saturated carbocycles. The van der Waals surface area contributed by atoms with Crippen LogP contribution in [0.15, 0.2) is 24.3 Å². The second kappa shape index (κ2) is 6.39. The molecular weight excluding hydrogens is 320 g/mol. The predicted octanol–water partition coefficient (Wildman–Crippen LogP) is 3.75. The number of benzene rings is 1. The van der Waals surface area contributed by atoms with E-state index in [9.17, 15) is 10.1 Å². The molecular formula is C19H18N2O2S. The lowest BCUT2D eigenvalue weighted by molar-refractivity contribution is -0.123. The van der Waals surface area contributed by atoms with Gasteiger partial charge in [-0.05, 0) is 36.8 Å². The monoisotopic (exact) mass is 338 g/mol. The van der Waals surface area contributed by atoms with Crippen molar-refractivity contribution in [2.45, 2.75) is 25.7 Å². The third-order valence-corrected chi connectivity index (χ3v) is 5.93. The minimum absolute atomic E-state index is 0.0296. The van der Waals surface area contributed by atoms with Gasteiger partial charge in [-0.3, -0.25) is 4.79 Å². The first-order chi connectivity index (χ1) is 11.8. The van der Waals surface area contributed by atoms with Gasteiger partial charge in [0.1, 0.15) is 11.1 Å². The Bertz CT molecular complexity index is 828. The quantitative estimate of drug-likeness (QED) is 0.907. The van der Waals surface area contributed by atoms with E-state index < -0.39 is 0 Å². The molecule has 1 saturated heterocycles. The number of thiophene rings is 1. The summed E-state index contributed by atoms with van der Waals surface area (Å²) in [5.74, 6) is -0.144. The molecule has 5 heteroatoms. The van der Waals surface area contributed by atoms with Gasteiger partial charge in [0, 0.05) is 17.0 Å². The number of aryl methyl sites for hydroxylation is 2. The molecule has 4 rings (SSSR count).